The molecule has 0 unspecified atom stereocenters. The molecule has 1 aliphatic carbocycles. The third-order valence-corrected chi connectivity index (χ3v) is 5.37. The summed E-state index contributed by atoms with van der Waals surface area (Å²) < 4.78 is 1.75. The normalized spacial score (nSPS) is 13.8. The fourth-order valence-electron chi connectivity index (χ4n) is 2.72. The minimum Gasteiger partial charge on any atom is -0.199 e. The number of rotatable bonds is 2. The summed E-state index contributed by atoms with van der Waals surface area (Å²) in [5.74, 6) is 0.536. The van der Waals surface area contributed by atoms with Crippen LogP contribution in [0.3, 0.4) is 0 Å². The van der Waals surface area contributed by atoms with Gasteiger partial charge >= 0.3 is 0 Å². The molecule has 0 atom stereocenters. The molecule has 6 heteroatoms. The van der Waals surface area contributed by atoms with E-state index >= 15 is 0 Å². The maximum absolute atomic E-state index is 6.20. The molecule has 1 aliphatic rings. The van der Waals surface area contributed by atoms with Gasteiger partial charge in [-0.2, -0.15) is 19.6 Å². The van der Waals surface area contributed by atoms with E-state index in [9.17, 15) is 0 Å². The molecule has 2 heterocycles. The molecule has 0 fully saturated rings. The first-order chi connectivity index (χ1) is 10.2. The van der Waals surface area contributed by atoms with Gasteiger partial charge in [-0.25, -0.2) is 0 Å². The maximum atomic E-state index is 6.20. The van der Waals surface area contributed by atoms with Gasteiger partial charge in [0.2, 0.25) is 0 Å². The molecule has 21 heavy (non-hydrogen) atoms. The Kier molecular flexibility index (Phi) is 3.12. The van der Waals surface area contributed by atoms with E-state index in [1.807, 2.05) is 6.92 Å². The fourth-order valence-corrected chi connectivity index (χ4v) is 3.96. The van der Waals surface area contributed by atoms with Crippen LogP contribution in [0.4, 0.5) is 0 Å². The lowest BCUT2D eigenvalue weighted by atomic mass is 10.1. The van der Waals surface area contributed by atoms with Gasteiger partial charge in [-0.15, -0.1) is 0 Å². The van der Waals surface area contributed by atoms with Gasteiger partial charge < -0.3 is 0 Å². The molecule has 0 bridgehead atoms. The molecule has 3 aromatic rings. The van der Waals surface area contributed by atoms with Crippen molar-refractivity contribution in [2.45, 2.75) is 36.1 Å². The third kappa shape index (κ3) is 2.21. The zero-order valence-electron chi connectivity index (χ0n) is 11.5. The van der Waals surface area contributed by atoms with Crippen molar-refractivity contribution < 1.29 is 0 Å². The van der Waals surface area contributed by atoms with Crippen LogP contribution in [0.1, 0.15) is 23.1 Å². The van der Waals surface area contributed by atoms with Gasteiger partial charge in [-0.05, 0) is 49.4 Å². The molecule has 1 aromatic carbocycles. The molecule has 4 nitrogen and oxygen atoms in total. The minimum atomic E-state index is 0.485. The highest BCUT2D eigenvalue weighted by atomic mass is 35.5. The first-order valence-corrected chi connectivity index (χ1v) is 8.07. The molecule has 2 aromatic heterocycles. The standard InChI is InChI=1S/C15H13ClN4S/c1-9-13(16)19-15-17-8-18-20(15)14(9)21-12-6-5-10-3-2-4-11(10)7-12/h5-8H,2-4H2,1H3. The van der Waals surface area contributed by atoms with Crippen molar-refractivity contribution in [3.63, 3.8) is 0 Å². The van der Waals surface area contributed by atoms with Crippen molar-refractivity contribution in [2.24, 2.45) is 0 Å². The quantitative estimate of drug-likeness (QED) is 0.676. The summed E-state index contributed by atoms with van der Waals surface area (Å²) in [5.41, 5.74) is 3.88. The molecule has 0 saturated heterocycles. The number of hydrogen-bond acceptors (Lipinski definition) is 4. The van der Waals surface area contributed by atoms with Crippen molar-refractivity contribution in [1.29, 1.82) is 0 Å². The number of fused-ring (bicyclic) bond motifs is 2. The van der Waals surface area contributed by atoms with Crippen LogP contribution in [0.25, 0.3) is 5.78 Å². The van der Waals surface area contributed by atoms with Crippen molar-refractivity contribution in [3.05, 3.63) is 46.4 Å². The van der Waals surface area contributed by atoms with E-state index in [-0.39, 0.29) is 0 Å². The van der Waals surface area contributed by atoms with Crippen LogP contribution in [-0.2, 0) is 12.8 Å². The Bertz CT molecular complexity index is 843. The summed E-state index contributed by atoms with van der Waals surface area (Å²) >= 11 is 7.87. The lowest BCUT2D eigenvalue weighted by Crippen LogP contribution is -1.99. The Labute approximate surface area is 131 Å². The monoisotopic (exact) mass is 316 g/mol. The Balaban J connectivity index is 1.80. The first kappa shape index (κ1) is 13.1. The minimum absolute atomic E-state index is 0.485. The Hall–Kier alpha value is -1.59. The first-order valence-electron chi connectivity index (χ1n) is 6.88. The highest BCUT2D eigenvalue weighted by molar-refractivity contribution is 7.99. The van der Waals surface area contributed by atoms with Crippen molar-refractivity contribution in [2.75, 3.05) is 0 Å². The lowest BCUT2D eigenvalue weighted by molar-refractivity contribution is 0.825. The van der Waals surface area contributed by atoms with Crippen LogP contribution in [0.5, 0.6) is 0 Å². The molecule has 0 aliphatic heterocycles. The second-order valence-electron chi connectivity index (χ2n) is 5.19. The fraction of sp³-hybridized carbons (Fsp3) is 0.267. The summed E-state index contributed by atoms with van der Waals surface area (Å²) in [6.45, 7) is 1.96. The van der Waals surface area contributed by atoms with Crippen molar-refractivity contribution in [3.8, 4) is 0 Å². The van der Waals surface area contributed by atoms with Gasteiger partial charge in [0.05, 0.1) is 0 Å². The van der Waals surface area contributed by atoms with E-state index in [2.05, 4.69) is 33.3 Å². The second kappa shape index (κ2) is 5.00. The van der Waals surface area contributed by atoms with E-state index < -0.39 is 0 Å². The van der Waals surface area contributed by atoms with Crippen LogP contribution < -0.4 is 0 Å². The summed E-state index contributed by atoms with van der Waals surface area (Å²) in [4.78, 5) is 9.57. The van der Waals surface area contributed by atoms with Crippen molar-refractivity contribution in [1.82, 2.24) is 19.6 Å². The maximum Gasteiger partial charge on any atom is 0.254 e. The number of hydrogen-bond donors (Lipinski definition) is 0. The Morgan fingerprint density at radius 1 is 1.24 bits per heavy atom. The van der Waals surface area contributed by atoms with Crippen LogP contribution in [0, 0.1) is 6.92 Å². The Morgan fingerprint density at radius 2 is 2.10 bits per heavy atom. The molecule has 0 spiro atoms. The summed E-state index contributed by atoms with van der Waals surface area (Å²) in [6.07, 6.45) is 5.15. The lowest BCUT2D eigenvalue weighted by Gasteiger charge is -2.09. The number of aromatic nitrogens is 4. The van der Waals surface area contributed by atoms with Gasteiger partial charge in [0, 0.05) is 10.5 Å². The van der Waals surface area contributed by atoms with Gasteiger partial charge in [0.1, 0.15) is 16.5 Å². The molecular weight excluding hydrogens is 304 g/mol. The zero-order valence-corrected chi connectivity index (χ0v) is 13.1. The zero-order chi connectivity index (χ0) is 14.4. The largest absolute Gasteiger partial charge is 0.254 e. The second-order valence-corrected chi connectivity index (χ2v) is 6.61. The SMILES string of the molecule is Cc1c(Cl)nc2ncnn2c1Sc1ccc2c(c1)CCC2. The topological polar surface area (TPSA) is 43.1 Å². The van der Waals surface area contributed by atoms with Gasteiger partial charge in [-0.1, -0.05) is 29.4 Å². The number of aryl methyl sites for hydroxylation is 2. The molecular formula is C15H13ClN4S. The molecule has 0 radical (unpaired) electrons. The summed E-state index contributed by atoms with van der Waals surface area (Å²) in [6, 6.07) is 6.69. The average molecular weight is 317 g/mol. The molecule has 0 N–H and O–H groups in total. The molecule has 0 saturated carbocycles. The van der Waals surface area contributed by atoms with E-state index in [0.717, 1.165) is 10.6 Å². The predicted octanol–water partition coefficient (Wildman–Crippen LogP) is 3.73. The van der Waals surface area contributed by atoms with E-state index in [1.54, 1.807) is 16.3 Å². The molecule has 4 rings (SSSR count). The predicted molar refractivity (Wildman–Crippen MR) is 83.1 cm³/mol. The van der Waals surface area contributed by atoms with Crippen LogP contribution in [-0.4, -0.2) is 19.6 Å². The van der Waals surface area contributed by atoms with Crippen molar-refractivity contribution >= 4 is 29.1 Å². The van der Waals surface area contributed by atoms with Gasteiger partial charge in [0.15, 0.2) is 0 Å². The van der Waals surface area contributed by atoms with E-state index in [1.165, 1.54) is 41.6 Å². The Morgan fingerprint density at radius 3 is 3.00 bits per heavy atom. The van der Waals surface area contributed by atoms with E-state index in [4.69, 9.17) is 11.6 Å². The molecule has 106 valence electrons. The van der Waals surface area contributed by atoms with Gasteiger partial charge in [0.25, 0.3) is 5.78 Å². The molecule has 0 amide bonds. The highest BCUT2D eigenvalue weighted by Gasteiger charge is 2.16. The summed E-state index contributed by atoms with van der Waals surface area (Å²) in [7, 11) is 0. The van der Waals surface area contributed by atoms with Gasteiger partial charge in [-0.3, -0.25) is 0 Å². The number of benzene rings is 1. The number of nitrogens with zero attached hydrogens (tertiary/aromatic N) is 4. The third-order valence-electron chi connectivity index (χ3n) is 3.84. The average Bonchev–Trinajstić information content (AvgIpc) is 3.11. The summed E-state index contributed by atoms with van der Waals surface area (Å²) in [5, 5.41) is 5.71. The van der Waals surface area contributed by atoms with Crippen LogP contribution in [0.2, 0.25) is 5.15 Å². The van der Waals surface area contributed by atoms with E-state index in [0.29, 0.717) is 10.9 Å². The van der Waals surface area contributed by atoms with Crippen LogP contribution >= 0.6 is 23.4 Å². The number of halogens is 1. The van der Waals surface area contributed by atoms with Crippen LogP contribution in [0.15, 0.2) is 34.4 Å². The highest BCUT2D eigenvalue weighted by Crippen LogP contribution is 2.35. The smallest absolute Gasteiger partial charge is 0.199 e.